The number of hydrogen-bond acceptors (Lipinski definition) is 1. The number of carbonyl (C=O) groups is 1. The summed E-state index contributed by atoms with van der Waals surface area (Å²) in [5.74, 6) is 1.90. The standard InChI is InChI=1S/C24H30Cl2O2/c1-16-14-19(25)15-23(26)20(16)7-5-8-22-18-12-10-17(11-13-18)21(22)6-3-2-4-9-24(27)28/h3,6,10,12,14-15,17-18,21-22H,2,4-5,7-9,11,13H2,1H3,(H,27,28)/b6-3-/t17-,18+,21-,22-/m0/s1. The summed E-state index contributed by atoms with van der Waals surface area (Å²) in [4.78, 5) is 10.7. The molecule has 1 fully saturated rings. The fourth-order valence-electron chi connectivity index (χ4n) is 5.02. The SMILES string of the molecule is Cc1cc(Cl)cc(Cl)c1CCC[C@@H]1[C@@H](/C=C\CCCC(=O)O)[C@H]2C=C[C@@H]1CC2. The lowest BCUT2D eigenvalue weighted by molar-refractivity contribution is -0.137. The van der Waals surface area contributed by atoms with Crippen molar-refractivity contribution in [3.8, 4) is 0 Å². The van der Waals surface area contributed by atoms with E-state index in [1.807, 2.05) is 12.1 Å². The van der Waals surface area contributed by atoms with Gasteiger partial charge in [-0.2, -0.15) is 0 Å². The lowest BCUT2D eigenvalue weighted by atomic mass is 9.61. The number of carboxylic acid groups (broad SMARTS) is 1. The number of benzene rings is 1. The van der Waals surface area contributed by atoms with Gasteiger partial charge in [-0.25, -0.2) is 0 Å². The van der Waals surface area contributed by atoms with Crippen LogP contribution < -0.4 is 0 Å². The first-order chi connectivity index (χ1) is 13.5. The van der Waals surface area contributed by atoms with Crippen molar-refractivity contribution in [1.82, 2.24) is 0 Å². The Morgan fingerprint density at radius 1 is 1.18 bits per heavy atom. The first-order valence-corrected chi connectivity index (χ1v) is 11.2. The van der Waals surface area contributed by atoms with Gasteiger partial charge in [0.15, 0.2) is 0 Å². The molecule has 0 unspecified atom stereocenters. The summed E-state index contributed by atoms with van der Waals surface area (Å²) >= 11 is 12.5. The second-order valence-corrected chi connectivity index (χ2v) is 9.16. The van der Waals surface area contributed by atoms with Crippen molar-refractivity contribution < 1.29 is 9.90 Å². The molecule has 0 radical (unpaired) electrons. The van der Waals surface area contributed by atoms with Crippen LogP contribution in [0.15, 0.2) is 36.4 Å². The Hall–Kier alpha value is -1.25. The lowest BCUT2D eigenvalue weighted by Crippen LogP contribution is -2.35. The Morgan fingerprint density at radius 3 is 2.61 bits per heavy atom. The van der Waals surface area contributed by atoms with E-state index in [4.69, 9.17) is 28.3 Å². The molecule has 152 valence electrons. The van der Waals surface area contributed by atoms with Crippen LogP contribution in [0, 0.1) is 30.6 Å². The van der Waals surface area contributed by atoms with Gasteiger partial charge in [0, 0.05) is 16.5 Å². The number of fused-ring (bicyclic) bond motifs is 2. The van der Waals surface area contributed by atoms with Crippen LogP contribution in [0.5, 0.6) is 0 Å². The minimum atomic E-state index is -0.706. The number of hydrogen-bond donors (Lipinski definition) is 1. The molecule has 28 heavy (non-hydrogen) atoms. The van der Waals surface area contributed by atoms with Gasteiger partial charge in [-0.1, -0.05) is 47.5 Å². The zero-order chi connectivity index (χ0) is 20.1. The van der Waals surface area contributed by atoms with Crippen molar-refractivity contribution in [1.29, 1.82) is 0 Å². The average Bonchev–Trinajstić information content (AvgIpc) is 2.65. The monoisotopic (exact) mass is 420 g/mol. The summed E-state index contributed by atoms with van der Waals surface area (Å²) in [5.41, 5.74) is 2.40. The molecule has 0 aliphatic heterocycles. The van der Waals surface area contributed by atoms with Crippen LogP contribution in [-0.2, 0) is 11.2 Å². The number of aryl methyl sites for hydroxylation is 1. The molecule has 3 aliphatic carbocycles. The lowest BCUT2D eigenvalue weighted by Gasteiger charge is -2.44. The molecule has 1 N–H and O–H groups in total. The van der Waals surface area contributed by atoms with Crippen molar-refractivity contribution in [3.63, 3.8) is 0 Å². The van der Waals surface area contributed by atoms with Crippen LogP contribution in [-0.4, -0.2) is 11.1 Å². The van der Waals surface area contributed by atoms with Gasteiger partial charge >= 0.3 is 5.97 Å². The average molecular weight is 421 g/mol. The number of rotatable bonds is 9. The maximum Gasteiger partial charge on any atom is 0.303 e. The Kier molecular flexibility index (Phi) is 7.65. The van der Waals surface area contributed by atoms with E-state index in [0.29, 0.717) is 28.7 Å². The zero-order valence-corrected chi connectivity index (χ0v) is 18.1. The molecule has 2 nitrogen and oxygen atoms in total. The molecule has 1 aromatic carbocycles. The number of unbranched alkanes of at least 4 members (excludes halogenated alkanes) is 1. The third-order valence-corrected chi connectivity index (χ3v) is 7.00. The smallest absolute Gasteiger partial charge is 0.303 e. The first-order valence-electron chi connectivity index (χ1n) is 10.5. The molecule has 0 spiro atoms. The molecular weight excluding hydrogens is 391 g/mol. The Bertz CT molecular complexity index is 730. The highest BCUT2D eigenvalue weighted by Gasteiger charge is 2.38. The second-order valence-electron chi connectivity index (χ2n) is 8.32. The van der Waals surface area contributed by atoms with Crippen molar-refractivity contribution in [2.24, 2.45) is 23.7 Å². The summed E-state index contributed by atoms with van der Waals surface area (Å²) in [5, 5.41) is 10.3. The van der Waals surface area contributed by atoms with Crippen molar-refractivity contribution in [2.45, 2.75) is 58.3 Å². The van der Waals surface area contributed by atoms with E-state index in [2.05, 4.69) is 31.2 Å². The largest absolute Gasteiger partial charge is 0.481 e. The zero-order valence-electron chi connectivity index (χ0n) is 16.5. The number of allylic oxidation sites excluding steroid dienone is 4. The molecule has 4 heteroatoms. The molecule has 0 amide bonds. The summed E-state index contributed by atoms with van der Waals surface area (Å²) in [6, 6.07) is 3.84. The van der Waals surface area contributed by atoms with Gasteiger partial charge in [0.1, 0.15) is 0 Å². The molecule has 3 aliphatic rings. The Balaban J connectivity index is 1.58. The van der Waals surface area contributed by atoms with Crippen molar-refractivity contribution in [3.05, 3.63) is 57.6 Å². The van der Waals surface area contributed by atoms with E-state index >= 15 is 0 Å². The molecule has 0 heterocycles. The molecule has 4 atom stereocenters. The summed E-state index contributed by atoms with van der Waals surface area (Å²) in [7, 11) is 0. The molecule has 1 aromatic rings. The molecule has 2 bridgehead atoms. The predicted octanol–water partition coefficient (Wildman–Crippen LogP) is 7.26. The van der Waals surface area contributed by atoms with Gasteiger partial charge < -0.3 is 5.11 Å². The fourth-order valence-corrected chi connectivity index (χ4v) is 5.71. The first kappa shape index (κ1) is 21.5. The van der Waals surface area contributed by atoms with E-state index in [0.717, 1.165) is 30.7 Å². The molecule has 0 saturated heterocycles. The van der Waals surface area contributed by atoms with E-state index in [1.54, 1.807) is 0 Å². The highest BCUT2D eigenvalue weighted by Crippen LogP contribution is 2.47. The Labute approximate surface area is 178 Å². The minimum absolute atomic E-state index is 0.256. The van der Waals surface area contributed by atoms with E-state index in [9.17, 15) is 4.79 Å². The topological polar surface area (TPSA) is 37.3 Å². The normalized spacial score (nSPS) is 26.2. The summed E-state index contributed by atoms with van der Waals surface area (Å²) in [6.45, 7) is 2.08. The van der Waals surface area contributed by atoms with Crippen molar-refractivity contribution >= 4 is 29.2 Å². The maximum atomic E-state index is 10.7. The Morgan fingerprint density at radius 2 is 1.93 bits per heavy atom. The van der Waals surface area contributed by atoms with Crippen LogP contribution in [0.3, 0.4) is 0 Å². The molecular formula is C24H30Cl2O2. The summed E-state index contributed by atoms with van der Waals surface area (Å²) in [6.07, 6.45) is 17.2. The number of halogens is 2. The third kappa shape index (κ3) is 5.42. The van der Waals surface area contributed by atoms with Gasteiger partial charge in [-0.15, -0.1) is 0 Å². The van der Waals surface area contributed by atoms with E-state index < -0.39 is 5.97 Å². The quantitative estimate of drug-likeness (QED) is 0.336. The van der Waals surface area contributed by atoms with Crippen LogP contribution >= 0.6 is 23.2 Å². The third-order valence-electron chi connectivity index (χ3n) is 6.44. The number of aliphatic carboxylic acids is 1. The van der Waals surface area contributed by atoms with Gasteiger partial charge in [-0.05, 0) is 98.8 Å². The minimum Gasteiger partial charge on any atom is -0.481 e. The van der Waals surface area contributed by atoms with Gasteiger partial charge in [-0.3, -0.25) is 4.79 Å². The molecule has 1 saturated carbocycles. The van der Waals surface area contributed by atoms with E-state index in [-0.39, 0.29) is 6.42 Å². The molecule has 4 rings (SSSR count). The van der Waals surface area contributed by atoms with Gasteiger partial charge in [0.05, 0.1) is 0 Å². The van der Waals surface area contributed by atoms with E-state index in [1.165, 1.54) is 30.4 Å². The van der Waals surface area contributed by atoms with Crippen LogP contribution in [0.4, 0.5) is 0 Å². The van der Waals surface area contributed by atoms with Crippen LogP contribution in [0.1, 0.15) is 56.1 Å². The van der Waals surface area contributed by atoms with Crippen LogP contribution in [0.2, 0.25) is 10.0 Å². The van der Waals surface area contributed by atoms with Gasteiger partial charge in [0.25, 0.3) is 0 Å². The maximum absolute atomic E-state index is 10.7. The second kappa shape index (κ2) is 9.98. The fraction of sp³-hybridized carbons (Fsp3) is 0.542. The highest BCUT2D eigenvalue weighted by atomic mass is 35.5. The highest BCUT2D eigenvalue weighted by molar-refractivity contribution is 6.35. The van der Waals surface area contributed by atoms with Crippen molar-refractivity contribution in [2.75, 3.05) is 0 Å². The molecule has 0 aromatic heterocycles. The summed E-state index contributed by atoms with van der Waals surface area (Å²) < 4.78 is 0. The van der Waals surface area contributed by atoms with Crippen LogP contribution in [0.25, 0.3) is 0 Å². The van der Waals surface area contributed by atoms with Gasteiger partial charge in [0.2, 0.25) is 0 Å². The predicted molar refractivity (Wildman–Crippen MR) is 117 cm³/mol. The number of carboxylic acids is 1.